The minimum absolute atomic E-state index is 0.0179. The number of primary amides is 1. The molecule has 4 unspecified atom stereocenters. The van der Waals surface area contributed by atoms with Gasteiger partial charge in [0.05, 0.1) is 12.4 Å². The SMILES string of the molecule is NC(=O)CCC(NC(=O)C(Cc1cnc[nH]1)NC(=O)C(N)Cc1c[nH]c2ccccc12)C(=O)NC(CS)C(=O)O. The first-order valence-electron chi connectivity index (χ1n) is 12.4. The van der Waals surface area contributed by atoms with Crippen LogP contribution in [0.15, 0.2) is 43.0 Å². The van der Waals surface area contributed by atoms with Crippen molar-refractivity contribution < 1.29 is 29.1 Å². The summed E-state index contributed by atoms with van der Waals surface area (Å²) in [4.78, 5) is 71.8. The lowest BCUT2D eigenvalue weighted by molar-refractivity contribution is -0.141. The first kappa shape index (κ1) is 30.2. The number of nitrogens with zero attached hydrogens (tertiary/aromatic N) is 1. The predicted octanol–water partition coefficient (Wildman–Crippen LogP) is -1.26. The van der Waals surface area contributed by atoms with Crippen LogP contribution in [0.2, 0.25) is 0 Å². The second-order valence-electron chi connectivity index (χ2n) is 9.16. The van der Waals surface area contributed by atoms with Crippen molar-refractivity contribution in [2.45, 2.75) is 49.9 Å². The summed E-state index contributed by atoms with van der Waals surface area (Å²) in [5, 5.41) is 17.6. The molecule has 0 bridgehead atoms. The van der Waals surface area contributed by atoms with Crippen molar-refractivity contribution in [3.05, 3.63) is 54.2 Å². The van der Waals surface area contributed by atoms with Crippen LogP contribution in [-0.4, -0.2) is 79.6 Å². The maximum Gasteiger partial charge on any atom is 0.327 e. The van der Waals surface area contributed by atoms with E-state index in [1.807, 2.05) is 24.3 Å². The van der Waals surface area contributed by atoms with Crippen LogP contribution in [0.3, 0.4) is 0 Å². The highest BCUT2D eigenvalue weighted by Gasteiger charge is 2.31. The van der Waals surface area contributed by atoms with Gasteiger partial charge in [-0.3, -0.25) is 19.2 Å². The smallest absolute Gasteiger partial charge is 0.327 e. The fourth-order valence-corrected chi connectivity index (χ4v) is 4.27. The monoisotopic (exact) mass is 572 g/mol. The molecule has 14 nitrogen and oxygen atoms in total. The van der Waals surface area contributed by atoms with E-state index in [-0.39, 0.29) is 31.4 Å². The second-order valence-corrected chi connectivity index (χ2v) is 9.53. The number of carboxylic acid groups (broad SMARTS) is 1. The highest BCUT2D eigenvalue weighted by atomic mass is 32.1. The van der Waals surface area contributed by atoms with Gasteiger partial charge in [0.15, 0.2) is 0 Å². The molecule has 214 valence electrons. The van der Waals surface area contributed by atoms with Crippen molar-refractivity contribution >= 4 is 53.1 Å². The van der Waals surface area contributed by atoms with Crippen LogP contribution in [0.4, 0.5) is 0 Å². The van der Waals surface area contributed by atoms with Crippen molar-refractivity contribution in [1.82, 2.24) is 30.9 Å². The predicted molar refractivity (Wildman–Crippen MR) is 148 cm³/mol. The van der Waals surface area contributed by atoms with Crippen LogP contribution < -0.4 is 27.4 Å². The first-order chi connectivity index (χ1) is 19.1. The lowest BCUT2D eigenvalue weighted by Gasteiger charge is -2.24. The molecule has 0 aliphatic heterocycles. The first-order valence-corrected chi connectivity index (χ1v) is 13.0. The second kappa shape index (κ2) is 14.1. The lowest BCUT2D eigenvalue weighted by atomic mass is 10.0. The van der Waals surface area contributed by atoms with E-state index in [0.29, 0.717) is 5.69 Å². The normalized spacial score (nSPS) is 14.1. The number of aromatic amines is 2. The Morgan fingerprint density at radius 1 is 0.950 bits per heavy atom. The van der Waals surface area contributed by atoms with Crippen LogP contribution in [-0.2, 0) is 36.8 Å². The molecule has 0 saturated heterocycles. The van der Waals surface area contributed by atoms with E-state index >= 15 is 0 Å². The number of para-hydroxylation sites is 1. The van der Waals surface area contributed by atoms with Crippen molar-refractivity contribution in [3.8, 4) is 0 Å². The van der Waals surface area contributed by atoms with Crippen LogP contribution in [0, 0.1) is 0 Å². The number of imidazole rings is 1. The van der Waals surface area contributed by atoms with E-state index in [1.54, 1.807) is 6.20 Å². The number of nitrogens with one attached hydrogen (secondary N) is 5. The zero-order chi connectivity index (χ0) is 29.2. The molecule has 3 aromatic rings. The van der Waals surface area contributed by atoms with Crippen LogP contribution in [0.25, 0.3) is 10.9 Å². The molecule has 0 spiro atoms. The minimum Gasteiger partial charge on any atom is -0.480 e. The van der Waals surface area contributed by atoms with Gasteiger partial charge in [-0.1, -0.05) is 18.2 Å². The van der Waals surface area contributed by atoms with E-state index in [9.17, 15) is 29.1 Å². The van der Waals surface area contributed by atoms with Crippen LogP contribution in [0.1, 0.15) is 24.1 Å². The molecule has 0 aliphatic carbocycles. The Morgan fingerprint density at radius 2 is 1.62 bits per heavy atom. The Hall–Kier alpha value is -4.37. The number of H-pyrrole nitrogens is 2. The maximum absolute atomic E-state index is 13.3. The molecule has 3 rings (SSSR count). The van der Waals surface area contributed by atoms with Gasteiger partial charge >= 0.3 is 5.97 Å². The topological polar surface area (TPSA) is 238 Å². The Morgan fingerprint density at radius 3 is 2.27 bits per heavy atom. The molecule has 0 aliphatic rings. The summed E-state index contributed by atoms with van der Waals surface area (Å²) in [5.41, 5.74) is 13.6. The third-order valence-electron chi connectivity index (χ3n) is 6.17. The molecule has 4 amide bonds. The van der Waals surface area contributed by atoms with E-state index in [2.05, 4.69) is 43.5 Å². The number of carbonyl (C=O) groups is 5. The molecular formula is C25H32N8O6S. The van der Waals surface area contributed by atoms with Crippen molar-refractivity contribution in [3.63, 3.8) is 0 Å². The summed E-state index contributed by atoms with van der Waals surface area (Å²) in [6.45, 7) is 0. The summed E-state index contributed by atoms with van der Waals surface area (Å²) in [5.74, 6) is -4.46. The number of nitrogens with two attached hydrogens (primary N) is 2. The highest BCUT2D eigenvalue weighted by Crippen LogP contribution is 2.19. The highest BCUT2D eigenvalue weighted by molar-refractivity contribution is 7.80. The van der Waals surface area contributed by atoms with Crippen molar-refractivity contribution in [1.29, 1.82) is 0 Å². The summed E-state index contributed by atoms with van der Waals surface area (Å²) in [6.07, 6.45) is 4.36. The summed E-state index contributed by atoms with van der Waals surface area (Å²) in [6, 6.07) is 2.72. The summed E-state index contributed by atoms with van der Waals surface area (Å²) in [7, 11) is 0. The van der Waals surface area contributed by atoms with E-state index in [1.165, 1.54) is 12.5 Å². The quantitative estimate of drug-likeness (QED) is 0.0993. The average molecular weight is 573 g/mol. The Labute approximate surface area is 234 Å². The molecule has 4 atom stereocenters. The number of hydrogen-bond donors (Lipinski definition) is 9. The third kappa shape index (κ3) is 8.31. The third-order valence-corrected chi connectivity index (χ3v) is 6.54. The number of benzene rings is 1. The average Bonchev–Trinajstić information content (AvgIpc) is 3.58. The van der Waals surface area contributed by atoms with Crippen molar-refractivity contribution in [2.75, 3.05) is 5.75 Å². The fourth-order valence-electron chi connectivity index (χ4n) is 4.02. The summed E-state index contributed by atoms with van der Waals surface area (Å²) >= 11 is 3.91. The van der Waals surface area contributed by atoms with Gasteiger partial charge in [0.25, 0.3) is 0 Å². The zero-order valence-corrected chi connectivity index (χ0v) is 22.3. The molecule has 1 aromatic carbocycles. The Bertz CT molecular complexity index is 1340. The molecule has 0 saturated carbocycles. The number of amides is 4. The van der Waals surface area contributed by atoms with Crippen LogP contribution >= 0.6 is 12.6 Å². The molecular weight excluding hydrogens is 540 g/mol. The Kier molecular flexibility index (Phi) is 10.7. The number of hydrogen-bond acceptors (Lipinski definition) is 8. The molecule has 2 heterocycles. The lowest BCUT2D eigenvalue weighted by Crippen LogP contribution is -2.58. The van der Waals surface area contributed by atoms with E-state index in [4.69, 9.17) is 11.5 Å². The number of rotatable bonds is 15. The van der Waals surface area contributed by atoms with Gasteiger partial charge in [-0.05, 0) is 24.5 Å². The van der Waals surface area contributed by atoms with Gasteiger partial charge in [-0.15, -0.1) is 0 Å². The molecule has 15 heteroatoms. The van der Waals surface area contributed by atoms with Crippen molar-refractivity contribution in [2.24, 2.45) is 11.5 Å². The largest absolute Gasteiger partial charge is 0.480 e. The number of aliphatic carboxylic acids is 1. The van der Waals surface area contributed by atoms with Gasteiger partial charge in [0, 0.05) is 47.6 Å². The molecule has 2 aromatic heterocycles. The fraction of sp³-hybridized carbons (Fsp3) is 0.360. The van der Waals surface area contributed by atoms with Gasteiger partial charge in [0.1, 0.15) is 18.1 Å². The van der Waals surface area contributed by atoms with Gasteiger partial charge < -0.3 is 42.5 Å². The number of aromatic nitrogens is 3. The number of thiol groups is 1. The molecule has 0 fully saturated rings. The van der Waals surface area contributed by atoms with E-state index in [0.717, 1.165) is 16.5 Å². The van der Waals surface area contributed by atoms with Gasteiger partial charge in [0.2, 0.25) is 23.6 Å². The standard InChI is InChI=1S/C25H32N8O6S/c26-16(7-13-9-29-17-4-2-1-3-15(13)17)22(35)32-19(8-14-10-28-12-30-14)24(37)31-18(5-6-21(27)34)23(36)33-20(11-40)25(38)39/h1-4,9-10,12,16,18-20,29,40H,5-8,11,26H2,(H2,27,34)(H,28,30)(H,31,37)(H,32,35)(H,33,36)(H,38,39). The number of carbonyl (C=O) groups excluding carboxylic acids is 4. The molecule has 10 N–H and O–H groups in total. The van der Waals surface area contributed by atoms with Gasteiger partial charge in [-0.25, -0.2) is 9.78 Å². The Balaban J connectivity index is 1.75. The molecule has 0 radical (unpaired) electrons. The number of carboxylic acids is 1. The zero-order valence-electron chi connectivity index (χ0n) is 21.4. The van der Waals surface area contributed by atoms with Crippen LogP contribution in [0.5, 0.6) is 0 Å². The maximum atomic E-state index is 13.3. The van der Waals surface area contributed by atoms with Gasteiger partial charge in [-0.2, -0.15) is 12.6 Å². The number of fused-ring (bicyclic) bond motifs is 1. The summed E-state index contributed by atoms with van der Waals surface area (Å²) < 4.78 is 0. The minimum atomic E-state index is -1.33. The van der Waals surface area contributed by atoms with E-state index < -0.39 is 53.8 Å². The molecule has 40 heavy (non-hydrogen) atoms.